The second kappa shape index (κ2) is 9.37. The fourth-order valence-corrected chi connectivity index (χ4v) is 3.97. The molecule has 1 atom stereocenters. The van der Waals surface area contributed by atoms with Crippen molar-refractivity contribution in [2.45, 2.75) is 5.92 Å². The number of esters is 1. The van der Waals surface area contributed by atoms with E-state index in [0.29, 0.717) is 16.1 Å². The minimum Gasteiger partial charge on any atom is -0.440 e. The zero-order valence-electron chi connectivity index (χ0n) is 16.9. The van der Waals surface area contributed by atoms with E-state index in [0.717, 1.165) is 0 Å². The lowest BCUT2D eigenvalue weighted by Crippen LogP contribution is -2.22. The number of carbonyl (C=O) groups excluding carboxylic acids is 1. The van der Waals surface area contributed by atoms with E-state index in [2.05, 4.69) is 0 Å². The lowest BCUT2D eigenvalue weighted by atomic mass is 9.83. The molecule has 1 aliphatic heterocycles. The summed E-state index contributed by atoms with van der Waals surface area (Å²) in [7, 11) is 0. The first-order valence-corrected chi connectivity index (χ1v) is 10.4. The molecule has 0 radical (unpaired) electrons. The Morgan fingerprint density at radius 2 is 1.88 bits per heavy atom. The summed E-state index contributed by atoms with van der Waals surface area (Å²) in [6.07, 6.45) is 2.78. The van der Waals surface area contributed by atoms with E-state index in [4.69, 9.17) is 38.4 Å². The molecule has 0 fully saturated rings. The predicted octanol–water partition coefficient (Wildman–Crippen LogP) is 5.97. The van der Waals surface area contributed by atoms with Gasteiger partial charge < -0.3 is 15.2 Å². The number of nitrogens with two attached hydrogens (primary N) is 1. The van der Waals surface area contributed by atoms with Crippen molar-refractivity contribution in [3.8, 4) is 17.6 Å². The number of hydrogen-bond donors (Lipinski definition) is 1. The number of halogens is 3. The Morgan fingerprint density at radius 1 is 1.12 bits per heavy atom. The number of nitriles is 1. The third-order valence-corrected chi connectivity index (χ3v) is 5.68. The molecule has 33 heavy (non-hydrogen) atoms. The molecule has 8 heteroatoms. The van der Waals surface area contributed by atoms with E-state index in [9.17, 15) is 14.4 Å². The minimum atomic E-state index is -0.877. The Labute approximate surface area is 199 Å². The van der Waals surface area contributed by atoms with Gasteiger partial charge in [-0.25, -0.2) is 9.18 Å². The average Bonchev–Trinajstić information content (AvgIpc) is 2.78. The first-order chi connectivity index (χ1) is 15.9. The van der Waals surface area contributed by atoms with Crippen molar-refractivity contribution < 1.29 is 18.7 Å². The highest BCUT2D eigenvalue weighted by atomic mass is 35.5. The number of rotatable bonds is 4. The predicted molar refractivity (Wildman–Crippen MR) is 123 cm³/mol. The molecule has 3 aromatic carbocycles. The van der Waals surface area contributed by atoms with Crippen LogP contribution < -0.4 is 15.2 Å². The summed E-state index contributed by atoms with van der Waals surface area (Å²) >= 11 is 12.3. The molecule has 4 rings (SSSR count). The summed E-state index contributed by atoms with van der Waals surface area (Å²) in [6.45, 7) is 0. The van der Waals surface area contributed by atoms with Crippen LogP contribution in [-0.2, 0) is 4.79 Å². The van der Waals surface area contributed by atoms with Gasteiger partial charge in [0.15, 0.2) is 0 Å². The maximum Gasteiger partial charge on any atom is 0.336 e. The highest BCUT2D eigenvalue weighted by molar-refractivity contribution is 6.32. The molecular weight excluding hydrogens is 466 g/mol. The molecule has 2 N–H and O–H groups in total. The molecule has 3 aromatic rings. The van der Waals surface area contributed by atoms with Gasteiger partial charge in [0.2, 0.25) is 5.88 Å². The van der Waals surface area contributed by atoms with Gasteiger partial charge in [-0.2, -0.15) is 5.26 Å². The van der Waals surface area contributed by atoms with Crippen LogP contribution in [0.3, 0.4) is 0 Å². The Bertz CT molecular complexity index is 1340. The third-order valence-electron chi connectivity index (χ3n) is 5.00. The molecule has 0 bridgehead atoms. The summed E-state index contributed by atoms with van der Waals surface area (Å²) in [4.78, 5) is 12.3. The largest absolute Gasteiger partial charge is 0.440 e. The van der Waals surface area contributed by atoms with Crippen LogP contribution in [0.2, 0.25) is 10.0 Å². The van der Waals surface area contributed by atoms with Crippen LogP contribution in [0.15, 0.2) is 78.2 Å². The molecule has 0 saturated heterocycles. The summed E-state index contributed by atoms with van der Waals surface area (Å²) < 4.78 is 25.6. The van der Waals surface area contributed by atoms with Gasteiger partial charge in [-0.1, -0.05) is 53.5 Å². The number of fused-ring (bicyclic) bond motifs is 1. The molecule has 0 aromatic heterocycles. The second-order valence-corrected chi connectivity index (χ2v) is 7.85. The topological polar surface area (TPSA) is 85.3 Å². The van der Waals surface area contributed by atoms with Crippen molar-refractivity contribution in [1.82, 2.24) is 0 Å². The quantitative estimate of drug-likeness (QED) is 0.282. The fourth-order valence-electron chi connectivity index (χ4n) is 3.50. The van der Waals surface area contributed by atoms with Gasteiger partial charge in [0.25, 0.3) is 0 Å². The summed E-state index contributed by atoms with van der Waals surface area (Å²) in [5, 5.41) is 10.3. The van der Waals surface area contributed by atoms with Gasteiger partial charge in [0, 0.05) is 33.3 Å². The number of nitrogens with zero attached hydrogens (tertiary/aromatic N) is 1. The normalized spacial score (nSPS) is 15.0. The second-order valence-electron chi connectivity index (χ2n) is 7.04. The smallest absolute Gasteiger partial charge is 0.336 e. The summed E-state index contributed by atoms with van der Waals surface area (Å²) in [5.41, 5.74) is 7.21. The molecule has 1 aliphatic rings. The van der Waals surface area contributed by atoms with Gasteiger partial charge in [0.1, 0.15) is 29.0 Å². The lowest BCUT2D eigenvalue weighted by molar-refractivity contribution is -0.128. The molecule has 164 valence electrons. The molecule has 1 unspecified atom stereocenters. The van der Waals surface area contributed by atoms with Crippen LogP contribution in [0.25, 0.3) is 6.08 Å². The van der Waals surface area contributed by atoms with Crippen molar-refractivity contribution in [1.29, 1.82) is 5.26 Å². The Hall–Kier alpha value is -3.79. The van der Waals surface area contributed by atoms with E-state index in [1.54, 1.807) is 30.3 Å². The first kappa shape index (κ1) is 22.4. The minimum absolute atomic E-state index is 0.0296. The van der Waals surface area contributed by atoms with E-state index in [-0.39, 0.29) is 33.5 Å². The zero-order chi connectivity index (χ0) is 23.5. The summed E-state index contributed by atoms with van der Waals surface area (Å²) in [6, 6.07) is 17.8. The number of benzene rings is 3. The van der Waals surface area contributed by atoms with Gasteiger partial charge in [-0.05, 0) is 35.9 Å². The molecule has 0 amide bonds. The van der Waals surface area contributed by atoms with Crippen molar-refractivity contribution in [2.75, 3.05) is 0 Å². The van der Waals surface area contributed by atoms with Crippen LogP contribution in [0.1, 0.15) is 22.6 Å². The fraction of sp³-hybridized carbons (Fsp3) is 0.0400. The highest BCUT2D eigenvalue weighted by Gasteiger charge is 2.34. The van der Waals surface area contributed by atoms with E-state index in [1.807, 2.05) is 6.07 Å². The average molecular weight is 481 g/mol. The van der Waals surface area contributed by atoms with Crippen molar-refractivity contribution >= 4 is 35.2 Å². The van der Waals surface area contributed by atoms with Gasteiger partial charge in [-0.15, -0.1) is 0 Å². The number of carbonyl (C=O) groups is 1. The zero-order valence-corrected chi connectivity index (χ0v) is 18.4. The van der Waals surface area contributed by atoms with Gasteiger partial charge in [0.05, 0.1) is 5.92 Å². The van der Waals surface area contributed by atoms with Gasteiger partial charge in [-0.3, -0.25) is 0 Å². The van der Waals surface area contributed by atoms with Gasteiger partial charge >= 0.3 is 5.97 Å². The summed E-state index contributed by atoms with van der Waals surface area (Å²) in [5.74, 6) is -1.89. The molecule has 5 nitrogen and oxygen atoms in total. The van der Waals surface area contributed by atoms with E-state index < -0.39 is 17.7 Å². The Morgan fingerprint density at radius 3 is 2.61 bits per heavy atom. The van der Waals surface area contributed by atoms with Crippen LogP contribution in [-0.4, -0.2) is 5.97 Å². The number of allylic oxidation sites excluding steroid dienone is 1. The van der Waals surface area contributed by atoms with E-state index >= 15 is 0 Å². The third kappa shape index (κ3) is 4.56. The SMILES string of the molecule is N#CC1=C(N)Oc2cc(OC(=O)/C=C/c3ccccc3Cl)ccc2C1c1c(F)cccc1Cl. The van der Waals surface area contributed by atoms with Crippen molar-refractivity contribution in [3.63, 3.8) is 0 Å². The van der Waals surface area contributed by atoms with Crippen LogP contribution >= 0.6 is 23.2 Å². The standard InChI is InChI=1S/C25H15Cl2FN2O3/c26-18-5-2-1-4-14(18)8-11-22(31)32-15-9-10-16-21(12-15)33-25(30)17(13-29)23(16)24-19(27)6-3-7-20(24)28/h1-12,23H,30H2/b11-8+. The molecule has 0 aliphatic carbocycles. The number of hydrogen-bond acceptors (Lipinski definition) is 5. The Balaban J connectivity index is 1.65. The first-order valence-electron chi connectivity index (χ1n) is 9.69. The molecule has 0 saturated carbocycles. The monoisotopic (exact) mass is 480 g/mol. The molecule has 0 spiro atoms. The lowest BCUT2D eigenvalue weighted by Gasteiger charge is -2.27. The Kier molecular flexibility index (Phi) is 6.36. The maximum absolute atomic E-state index is 14.7. The van der Waals surface area contributed by atoms with Crippen molar-refractivity contribution in [3.05, 3.63) is 111 Å². The maximum atomic E-state index is 14.7. The number of ether oxygens (including phenoxy) is 2. The molecule has 1 heterocycles. The molecular formula is C25H15Cl2FN2O3. The highest BCUT2D eigenvalue weighted by Crippen LogP contribution is 2.46. The van der Waals surface area contributed by atoms with Crippen molar-refractivity contribution in [2.24, 2.45) is 5.73 Å². The van der Waals surface area contributed by atoms with E-state index in [1.165, 1.54) is 42.5 Å². The van der Waals surface area contributed by atoms with Crippen LogP contribution in [0.4, 0.5) is 4.39 Å². The van der Waals surface area contributed by atoms with Crippen LogP contribution in [0, 0.1) is 17.1 Å². The van der Waals surface area contributed by atoms with Crippen LogP contribution in [0.5, 0.6) is 11.5 Å².